The topological polar surface area (TPSA) is 88.9 Å². The quantitative estimate of drug-likeness (QED) is 0.907. The number of likely N-dealkylation sites (tertiary alicyclic amines) is 1. The lowest BCUT2D eigenvalue weighted by Crippen LogP contribution is -2.56. The van der Waals surface area contributed by atoms with Crippen molar-refractivity contribution in [1.29, 1.82) is 5.26 Å². The fourth-order valence-corrected chi connectivity index (χ4v) is 4.17. The van der Waals surface area contributed by atoms with Crippen molar-refractivity contribution in [3.63, 3.8) is 0 Å². The van der Waals surface area contributed by atoms with Gasteiger partial charge in [0, 0.05) is 56.6 Å². The number of anilines is 1. The van der Waals surface area contributed by atoms with Gasteiger partial charge in [0.05, 0.1) is 18.0 Å². The van der Waals surface area contributed by atoms with Crippen molar-refractivity contribution in [3.8, 4) is 6.07 Å². The summed E-state index contributed by atoms with van der Waals surface area (Å²) in [5, 5.41) is 9.10. The summed E-state index contributed by atoms with van der Waals surface area (Å²) in [5.74, 6) is 1.59. The Labute approximate surface area is 152 Å². The zero-order valence-corrected chi connectivity index (χ0v) is 14.6. The number of aromatic amines is 1. The van der Waals surface area contributed by atoms with Crippen molar-refractivity contribution in [3.05, 3.63) is 42.1 Å². The number of hydrogen-bond acceptors (Lipinski definition) is 5. The zero-order valence-electron chi connectivity index (χ0n) is 14.6. The molecule has 7 nitrogen and oxygen atoms in total. The molecule has 2 atom stereocenters. The fraction of sp³-hybridized carbons (Fsp3) is 0.474. The number of piperidine rings is 2. The fourth-order valence-electron chi connectivity index (χ4n) is 4.17. The highest BCUT2D eigenvalue weighted by atomic mass is 16.2. The van der Waals surface area contributed by atoms with Gasteiger partial charge in [-0.3, -0.25) is 4.79 Å². The molecule has 134 valence electrons. The van der Waals surface area contributed by atoms with Crippen molar-refractivity contribution in [2.24, 2.45) is 5.92 Å². The Balaban J connectivity index is 1.44. The molecule has 0 aliphatic carbocycles. The zero-order chi connectivity index (χ0) is 17.9. The van der Waals surface area contributed by atoms with Gasteiger partial charge in [-0.15, -0.1) is 0 Å². The highest BCUT2D eigenvalue weighted by Crippen LogP contribution is 2.33. The Kier molecular flexibility index (Phi) is 4.57. The van der Waals surface area contributed by atoms with Crippen LogP contribution in [0.3, 0.4) is 0 Å². The Morgan fingerprint density at radius 3 is 3.12 bits per heavy atom. The van der Waals surface area contributed by atoms with E-state index >= 15 is 0 Å². The van der Waals surface area contributed by atoms with Gasteiger partial charge in [-0.1, -0.05) is 0 Å². The molecule has 26 heavy (non-hydrogen) atoms. The predicted molar refractivity (Wildman–Crippen MR) is 96.3 cm³/mol. The molecule has 0 aromatic carbocycles. The first-order chi connectivity index (χ1) is 12.7. The van der Waals surface area contributed by atoms with E-state index in [2.05, 4.69) is 30.8 Å². The van der Waals surface area contributed by atoms with Gasteiger partial charge in [0.15, 0.2) is 0 Å². The van der Waals surface area contributed by atoms with Gasteiger partial charge in [-0.2, -0.15) is 5.26 Å². The number of rotatable bonds is 4. The number of H-pyrrole nitrogens is 1. The number of carbonyl (C=O) groups excluding carboxylic acids is 1. The molecule has 2 aromatic rings. The summed E-state index contributed by atoms with van der Waals surface area (Å²) in [6.07, 6.45) is 8.49. The van der Waals surface area contributed by atoms with Crippen LogP contribution in [0.5, 0.6) is 0 Å². The molecule has 1 amide bonds. The maximum Gasteiger partial charge on any atom is 0.222 e. The van der Waals surface area contributed by atoms with Crippen molar-refractivity contribution < 1.29 is 4.79 Å². The number of aromatic nitrogens is 3. The smallest absolute Gasteiger partial charge is 0.222 e. The SMILES string of the molecule is N#Cc1ccnc(N2CC[C@@H]3[C@@H](CCC(=O)N3CCc3cnc[nH]3)C2)c1. The van der Waals surface area contributed by atoms with Crippen LogP contribution < -0.4 is 4.90 Å². The van der Waals surface area contributed by atoms with Crippen molar-refractivity contribution >= 4 is 11.7 Å². The van der Waals surface area contributed by atoms with Crippen LogP contribution in [0.4, 0.5) is 5.82 Å². The number of nitrogens with one attached hydrogen (secondary N) is 1. The second kappa shape index (κ2) is 7.16. The van der Waals surface area contributed by atoms with E-state index in [0.717, 1.165) is 50.4 Å². The van der Waals surface area contributed by atoms with Gasteiger partial charge < -0.3 is 14.8 Å². The highest BCUT2D eigenvalue weighted by molar-refractivity contribution is 5.77. The average Bonchev–Trinajstić information content (AvgIpc) is 3.20. The average molecular weight is 350 g/mol. The summed E-state index contributed by atoms with van der Waals surface area (Å²) < 4.78 is 0. The van der Waals surface area contributed by atoms with Crippen LogP contribution in [-0.4, -0.2) is 51.4 Å². The van der Waals surface area contributed by atoms with Crippen molar-refractivity contribution in [1.82, 2.24) is 19.9 Å². The number of pyridine rings is 1. The Hall–Kier alpha value is -2.88. The number of carbonyl (C=O) groups is 1. The first-order valence-electron chi connectivity index (χ1n) is 9.12. The summed E-state index contributed by atoms with van der Waals surface area (Å²) in [7, 11) is 0. The summed E-state index contributed by atoms with van der Waals surface area (Å²) in [6.45, 7) is 2.49. The molecule has 2 fully saturated rings. The minimum Gasteiger partial charge on any atom is -0.356 e. The van der Waals surface area contributed by atoms with E-state index in [1.165, 1.54) is 0 Å². The lowest BCUT2D eigenvalue weighted by molar-refractivity contribution is -0.139. The summed E-state index contributed by atoms with van der Waals surface area (Å²) >= 11 is 0. The maximum absolute atomic E-state index is 12.5. The molecule has 0 bridgehead atoms. The lowest BCUT2D eigenvalue weighted by Gasteiger charge is -2.47. The lowest BCUT2D eigenvalue weighted by atomic mass is 9.83. The van der Waals surface area contributed by atoms with Crippen LogP contribution in [0, 0.1) is 17.2 Å². The first-order valence-corrected chi connectivity index (χ1v) is 9.12. The Bertz CT molecular complexity index is 812. The highest BCUT2D eigenvalue weighted by Gasteiger charge is 2.39. The third kappa shape index (κ3) is 3.27. The van der Waals surface area contributed by atoms with E-state index < -0.39 is 0 Å². The van der Waals surface area contributed by atoms with E-state index in [-0.39, 0.29) is 5.91 Å². The normalized spacial score (nSPS) is 22.8. The monoisotopic (exact) mass is 350 g/mol. The molecule has 0 saturated carbocycles. The number of nitrogens with zero attached hydrogens (tertiary/aromatic N) is 5. The maximum atomic E-state index is 12.5. The molecule has 2 aliphatic rings. The van der Waals surface area contributed by atoms with Gasteiger partial charge in [0.1, 0.15) is 5.82 Å². The van der Waals surface area contributed by atoms with E-state index in [1.54, 1.807) is 18.6 Å². The number of amides is 1. The summed E-state index contributed by atoms with van der Waals surface area (Å²) in [6, 6.07) is 6.06. The molecule has 2 aliphatic heterocycles. The predicted octanol–water partition coefficient (Wildman–Crippen LogP) is 1.74. The molecule has 0 unspecified atom stereocenters. The second-order valence-electron chi connectivity index (χ2n) is 7.03. The largest absolute Gasteiger partial charge is 0.356 e. The van der Waals surface area contributed by atoms with E-state index in [0.29, 0.717) is 23.9 Å². The van der Waals surface area contributed by atoms with Crippen molar-refractivity contribution in [2.75, 3.05) is 24.5 Å². The Morgan fingerprint density at radius 1 is 1.38 bits per heavy atom. The molecule has 1 N–H and O–H groups in total. The third-order valence-electron chi connectivity index (χ3n) is 5.52. The number of fused-ring (bicyclic) bond motifs is 1. The van der Waals surface area contributed by atoms with Gasteiger partial charge >= 0.3 is 0 Å². The first kappa shape index (κ1) is 16.6. The number of nitriles is 1. The van der Waals surface area contributed by atoms with E-state index in [9.17, 15) is 4.79 Å². The minimum absolute atomic E-state index is 0.267. The van der Waals surface area contributed by atoms with E-state index in [1.807, 2.05) is 12.3 Å². The minimum atomic E-state index is 0.267. The molecular weight excluding hydrogens is 328 g/mol. The molecule has 7 heteroatoms. The number of hydrogen-bond donors (Lipinski definition) is 1. The van der Waals surface area contributed by atoms with Crippen LogP contribution in [0.1, 0.15) is 30.5 Å². The second-order valence-corrected chi connectivity index (χ2v) is 7.03. The molecule has 2 aromatic heterocycles. The number of imidazole rings is 1. The Morgan fingerprint density at radius 2 is 2.31 bits per heavy atom. The molecule has 4 rings (SSSR count). The molecule has 0 spiro atoms. The van der Waals surface area contributed by atoms with Crippen LogP contribution >= 0.6 is 0 Å². The molecule has 0 radical (unpaired) electrons. The molecule has 4 heterocycles. The van der Waals surface area contributed by atoms with Gasteiger partial charge in [0.2, 0.25) is 5.91 Å². The standard InChI is InChI=1S/C19H22N6O/c20-10-14-3-6-22-18(9-14)24-7-5-17-15(12-24)1-2-19(26)25(17)8-4-16-11-21-13-23-16/h3,6,9,11,13,15,17H,1-2,4-5,7-8,12H2,(H,21,23)/t15-,17+/m0/s1. The van der Waals surface area contributed by atoms with Gasteiger partial charge in [-0.05, 0) is 30.9 Å². The van der Waals surface area contributed by atoms with Crippen LogP contribution in [0.2, 0.25) is 0 Å². The van der Waals surface area contributed by atoms with Crippen LogP contribution in [0.25, 0.3) is 0 Å². The summed E-state index contributed by atoms with van der Waals surface area (Å²) in [5.41, 5.74) is 1.70. The van der Waals surface area contributed by atoms with Gasteiger partial charge in [-0.25, -0.2) is 9.97 Å². The summed E-state index contributed by atoms with van der Waals surface area (Å²) in [4.78, 5) is 28.4. The van der Waals surface area contributed by atoms with Crippen LogP contribution in [0.15, 0.2) is 30.9 Å². The van der Waals surface area contributed by atoms with E-state index in [4.69, 9.17) is 5.26 Å². The van der Waals surface area contributed by atoms with Gasteiger partial charge in [0.25, 0.3) is 0 Å². The third-order valence-corrected chi connectivity index (χ3v) is 5.52. The molecule has 2 saturated heterocycles. The van der Waals surface area contributed by atoms with Crippen molar-refractivity contribution in [2.45, 2.75) is 31.7 Å². The van der Waals surface area contributed by atoms with Crippen LogP contribution in [-0.2, 0) is 11.2 Å². The molecular formula is C19H22N6O.